The molecule has 0 saturated heterocycles. The average Bonchev–Trinajstić information content (AvgIpc) is 2.24. The fraction of sp³-hybridized carbons (Fsp3) is 0.667. The van der Waals surface area contributed by atoms with Gasteiger partial charge in [0.2, 0.25) is 5.62 Å². The van der Waals surface area contributed by atoms with E-state index in [1.54, 1.807) is 31.0 Å². The standard InChI is InChI=1S/C9H19N2OPS2/c1-5-7-10-8-11-13(14,12-4)15-9(3)6-2/h5,7-9H,6H2,1-4H3,(H,10,11,14). The van der Waals surface area contributed by atoms with Gasteiger partial charge in [-0.25, -0.2) is 4.76 Å². The highest BCUT2D eigenvalue weighted by Crippen LogP contribution is 2.62. The smallest absolute Gasteiger partial charge is 0.232 e. The zero-order valence-electron chi connectivity index (χ0n) is 9.64. The summed E-state index contributed by atoms with van der Waals surface area (Å²) in [4.78, 5) is 0. The van der Waals surface area contributed by atoms with E-state index in [4.69, 9.17) is 16.3 Å². The van der Waals surface area contributed by atoms with Crippen LogP contribution < -0.4 is 5.32 Å². The summed E-state index contributed by atoms with van der Waals surface area (Å²) in [7, 11) is 1.63. The van der Waals surface area contributed by atoms with Crippen LogP contribution in [0.15, 0.2) is 17.0 Å². The fourth-order valence-electron chi connectivity index (χ4n) is 0.663. The van der Waals surface area contributed by atoms with Crippen molar-refractivity contribution in [3.63, 3.8) is 0 Å². The van der Waals surface area contributed by atoms with Gasteiger partial charge in [-0.05, 0) is 31.4 Å². The molecule has 15 heavy (non-hydrogen) atoms. The first kappa shape index (κ1) is 15.2. The van der Waals surface area contributed by atoms with Gasteiger partial charge in [0.25, 0.3) is 0 Å². The Kier molecular flexibility index (Phi) is 8.43. The highest BCUT2D eigenvalue weighted by molar-refractivity contribution is 8.69. The highest BCUT2D eigenvalue weighted by atomic mass is 32.9. The molecule has 0 aromatic heterocycles. The van der Waals surface area contributed by atoms with Gasteiger partial charge in [0.1, 0.15) is 0 Å². The van der Waals surface area contributed by atoms with Gasteiger partial charge in [0, 0.05) is 12.4 Å². The van der Waals surface area contributed by atoms with Crippen molar-refractivity contribution in [3.05, 3.63) is 12.3 Å². The Bertz CT molecular complexity index is 269. The van der Waals surface area contributed by atoms with Crippen LogP contribution in [-0.4, -0.2) is 18.7 Å². The minimum Gasteiger partial charge on any atom is -0.353 e. The minimum atomic E-state index is -2.09. The number of hydrogen-bond donors (Lipinski definition) is 1. The molecule has 2 unspecified atom stereocenters. The molecule has 3 nitrogen and oxygen atoms in total. The van der Waals surface area contributed by atoms with Gasteiger partial charge in [-0.2, -0.15) is 0 Å². The van der Waals surface area contributed by atoms with Crippen LogP contribution in [0.3, 0.4) is 0 Å². The number of hydrogen-bond acceptors (Lipinski definition) is 3. The van der Waals surface area contributed by atoms with Crippen molar-refractivity contribution in [2.24, 2.45) is 4.76 Å². The minimum absolute atomic E-state index is 0.481. The summed E-state index contributed by atoms with van der Waals surface area (Å²) in [5.74, 6) is 0. The molecular weight excluding hydrogens is 247 g/mol. The van der Waals surface area contributed by atoms with Gasteiger partial charge >= 0.3 is 0 Å². The Hall–Kier alpha value is 0.170. The van der Waals surface area contributed by atoms with E-state index >= 15 is 0 Å². The Morgan fingerprint density at radius 2 is 2.33 bits per heavy atom. The number of allylic oxidation sites excluding steroid dienone is 1. The summed E-state index contributed by atoms with van der Waals surface area (Å²) in [5, 5.41) is 3.39. The maximum Gasteiger partial charge on any atom is 0.232 e. The lowest BCUT2D eigenvalue weighted by atomic mass is 10.4. The molecular formula is C9H19N2OPS2. The van der Waals surface area contributed by atoms with Crippen molar-refractivity contribution in [2.45, 2.75) is 32.4 Å². The van der Waals surface area contributed by atoms with Crippen LogP contribution >= 0.6 is 17.0 Å². The fourth-order valence-corrected chi connectivity index (χ4v) is 5.55. The third kappa shape index (κ3) is 7.12. The Morgan fingerprint density at radius 3 is 2.80 bits per heavy atom. The third-order valence-electron chi connectivity index (χ3n) is 1.66. The molecule has 0 rings (SSSR count). The average molecular weight is 266 g/mol. The lowest BCUT2D eigenvalue weighted by Crippen LogP contribution is -2.00. The maximum absolute atomic E-state index is 5.39. The summed E-state index contributed by atoms with van der Waals surface area (Å²) in [6.07, 6.45) is 6.38. The molecule has 0 aromatic rings. The van der Waals surface area contributed by atoms with Crippen LogP contribution in [0.5, 0.6) is 0 Å². The molecule has 0 aliphatic rings. The number of rotatable bonds is 7. The van der Waals surface area contributed by atoms with Crippen molar-refractivity contribution in [1.29, 1.82) is 0 Å². The zero-order valence-corrected chi connectivity index (χ0v) is 12.2. The lowest BCUT2D eigenvalue weighted by molar-refractivity contribution is 0.471. The van der Waals surface area contributed by atoms with Crippen molar-refractivity contribution in [1.82, 2.24) is 5.32 Å². The van der Waals surface area contributed by atoms with E-state index in [-0.39, 0.29) is 0 Å². The number of nitrogens with zero attached hydrogens (tertiary/aromatic N) is 1. The molecule has 0 radical (unpaired) electrons. The Labute approximate surface area is 102 Å². The van der Waals surface area contributed by atoms with Gasteiger partial charge in [-0.15, -0.1) is 0 Å². The summed E-state index contributed by atoms with van der Waals surface area (Å²) < 4.78 is 9.60. The largest absolute Gasteiger partial charge is 0.353 e. The molecule has 0 spiro atoms. The molecule has 0 saturated carbocycles. The topological polar surface area (TPSA) is 33.6 Å². The van der Waals surface area contributed by atoms with Crippen molar-refractivity contribution in [3.8, 4) is 0 Å². The van der Waals surface area contributed by atoms with E-state index in [0.29, 0.717) is 5.25 Å². The van der Waals surface area contributed by atoms with E-state index in [1.165, 1.54) is 0 Å². The van der Waals surface area contributed by atoms with E-state index in [2.05, 4.69) is 23.9 Å². The van der Waals surface area contributed by atoms with Crippen molar-refractivity contribution >= 4 is 35.1 Å². The van der Waals surface area contributed by atoms with E-state index in [0.717, 1.165) is 6.42 Å². The van der Waals surface area contributed by atoms with E-state index in [9.17, 15) is 0 Å². The molecule has 0 heterocycles. The molecule has 0 aliphatic carbocycles. The SMILES string of the molecule is CC=CNC=NP(=S)(OC)SC(C)CC. The zero-order chi connectivity index (χ0) is 11.7. The summed E-state index contributed by atoms with van der Waals surface area (Å²) in [6, 6.07) is 0. The van der Waals surface area contributed by atoms with E-state index < -0.39 is 5.62 Å². The van der Waals surface area contributed by atoms with Gasteiger partial charge in [-0.1, -0.05) is 31.3 Å². The predicted octanol–water partition coefficient (Wildman–Crippen LogP) is 3.54. The van der Waals surface area contributed by atoms with E-state index in [1.807, 2.05) is 13.0 Å². The van der Waals surface area contributed by atoms with Crippen molar-refractivity contribution in [2.75, 3.05) is 7.11 Å². The van der Waals surface area contributed by atoms with Crippen LogP contribution in [0.2, 0.25) is 0 Å². The van der Waals surface area contributed by atoms with Crippen LogP contribution in [0, 0.1) is 0 Å². The predicted molar refractivity (Wildman–Crippen MR) is 75.1 cm³/mol. The molecule has 0 aliphatic heterocycles. The molecule has 6 heteroatoms. The monoisotopic (exact) mass is 266 g/mol. The van der Waals surface area contributed by atoms with Gasteiger partial charge < -0.3 is 9.84 Å². The molecule has 0 bridgehead atoms. The summed E-state index contributed by atoms with van der Waals surface area (Å²) in [5.41, 5.74) is -2.09. The van der Waals surface area contributed by atoms with Crippen molar-refractivity contribution < 1.29 is 4.52 Å². The first-order chi connectivity index (χ1) is 7.08. The second kappa shape index (κ2) is 8.34. The quantitative estimate of drug-likeness (QED) is 0.434. The lowest BCUT2D eigenvalue weighted by Gasteiger charge is -2.17. The third-order valence-corrected chi connectivity index (χ3v) is 7.59. The summed E-state index contributed by atoms with van der Waals surface area (Å²) in [6.45, 7) is 6.20. The van der Waals surface area contributed by atoms with Gasteiger partial charge in [0.05, 0.1) is 6.34 Å². The molecule has 0 amide bonds. The van der Waals surface area contributed by atoms with Crippen LogP contribution in [0.1, 0.15) is 27.2 Å². The Balaban J connectivity index is 4.30. The normalized spacial score (nSPS) is 18.1. The first-order valence-electron chi connectivity index (χ1n) is 4.83. The number of nitrogens with one attached hydrogen (secondary N) is 1. The second-order valence-electron chi connectivity index (χ2n) is 2.89. The second-order valence-corrected chi connectivity index (χ2v) is 9.73. The van der Waals surface area contributed by atoms with Crippen LogP contribution in [-0.2, 0) is 16.3 Å². The molecule has 1 N–H and O–H groups in total. The molecule has 2 atom stereocenters. The highest BCUT2D eigenvalue weighted by Gasteiger charge is 2.18. The first-order valence-corrected chi connectivity index (χ1v) is 8.99. The van der Waals surface area contributed by atoms with Gasteiger partial charge in [-0.3, -0.25) is 0 Å². The Morgan fingerprint density at radius 1 is 1.67 bits per heavy atom. The molecule has 88 valence electrons. The van der Waals surface area contributed by atoms with Crippen LogP contribution in [0.4, 0.5) is 0 Å². The molecule has 0 fully saturated rings. The van der Waals surface area contributed by atoms with Crippen LogP contribution in [0.25, 0.3) is 0 Å². The summed E-state index contributed by atoms with van der Waals surface area (Å²) >= 11 is 7.03. The maximum atomic E-state index is 5.39. The van der Waals surface area contributed by atoms with Gasteiger partial charge in [0.15, 0.2) is 0 Å². The molecule has 0 aromatic carbocycles.